The second-order valence-electron chi connectivity index (χ2n) is 9.85. The van der Waals surface area contributed by atoms with E-state index < -0.39 is 0 Å². The van der Waals surface area contributed by atoms with Crippen LogP contribution in [0, 0.1) is 11.3 Å². The number of aromatic nitrogens is 6. The number of amides is 1. The van der Waals surface area contributed by atoms with Gasteiger partial charge in [0.25, 0.3) is 5.91 Å². The molecule has 4 aromatic rings. The van der Waals surface area contributed by atoms with Crippen molar-refractivity contribution in [3.05, 3.63) is 66.2 Å². The summed E-state index contributed by atoms with van der Waals surface area (Å²) in [5, 5.41) is 23.9. The van der Waals surface area contributed by atoms with Crippen molar-refractivity contribution in [3.8, 4) is 28.7 Å². The van der Waals surface area contributed by atoms with Crippen LogP contribution in [-0.2, 0) is 11.3 Å². The van der Waals surface area contributed by atoms with Crippen LogP contribution in [0.3, 0.4) is 0 Å². The Balaban J connectivity index is 1.30. The molecule has 2 aromatic heterocycles. The average Bonchev–Trinajstić information content (AvgIpc) is 3.54. The predicted octanol–water partition coefficient (Wildman–Crippen LogP) is 3.47. The van der Waals surface area contributed by atoms with Crippen molar-refractivity contribution >= 4 is 17.5 Å². The first kappa shape index (κ1) is 28.4. The van der Waals surface area contributed by atoms with Crippen LogP contribution in [0.15, 0.2) is 55.1 Å². The van der Waals surface area contributed by atoms with Crippen LogP contribution in [0.1, 0.15) is 35.7 Å². The molecule has 13 heteroatoms. The van der Waals surface area contributed by atoms with E-state index in [0.717, 1.165) is 24.0 Å². The molecule has 0 spiro atoms. The first-order valence-corrected chi connectivity index (χ1v) is 13.5. The highest BCUT2D eigenvalue weighted by molar-refractivity contribution is 5.96. The van der Waals surface area contributed by atoms with E-state index >= 15 is 0 Å². The summed E-state index contributed by atoms with van der Waals surface area (Å²) >= 11 is 0. The van der Waals surface area contributed by atoms with Gasteiger partial charge in [0.1, 0.15) is 30.0 Å². The zero-order valence-electron chi connectivity index (χ0n) is 23.6. The van der Waals surface area contributed by atoms with Crippen molar-refractivity contribution in [1.29, 1.82) is 5.26 Å². The number of carbonyl (C=O) groups is 1. The summed E-state index contributed by atoms with van der Waals surface area (Å²) in [7, 11) is 3.27. The molecule has 1 atom stereocenters. The molecule has 1 aliphatic heterocycles. The van der Waals surface area contributed by atoms with Crippen LogP contribution in [0.4, 0.5) is 11.6 Å². The molecule has 1 saturated heterocycles. The first-order chi connectivity index (χ1) is 20.5. The number of methoxy groups -OCH3 is 2. The largest absolute Gasteiger partial charge is 0.495 e. The molecular weight excluding hydrogens is 538 g/mol. The smallest absolute Gasteiger partial charge is 0.253 e. The van der Waals surface area contributed by atoms with Gasteiger partial charge in [-0.05, 0) is 66.1 Å². The summed E-state index contributed by atoms with van der Waals surface area (Å²) in [6, 6.07) is 12.7. The van der Waals surface area contributed by atoms with Crippen molar-refractivity contribution in [2.24, 2.45) is 0 Å². The second-order valence-corrected chi connectivity index (χ2v) is 9.85. The van der Waals surface area contributed by atoms with Crippen LogP contribution < -0.4 is 14.8 Å². The number of ether oxygens (including phenoxy) is 3. The molecule has 13 nitrogen and oxygen atoms in total. The minimum Gasteiger partial charge on any atom is -0.495 e. The Labute approximate surface area is 243 Å². The van der Waals surface area contributed by atoms with Gasteiger partial charge in [-0.2, -0.15) is 5.26 Å². The van der Waals surface area contributed by atoms with E-state index in [0.29, 0.717) is 53.9 Å². The minimum atomic E-state index is -0.284. The normalized spacial score (nSPS) is 14.2. The van der Waals surface area contributed by atoms with E-state index in [1.54, 1.807) is 61.6 Å². The molecule has 0 unspecified atom stereocenters. The SMILES string of the molecule is COc1ccc(C(=O)N2CCC(OC)CC2)cc1Nc1ncc(-c2ccc(C#N)c(O[C@@H](C)Cn3cnnn3)c2)cn1. The number of rotatable bonds is 10. The van der Waals surface area contributed by atoms with Crippen molar-refractivity contribution < 1.29 is 19.0 Å². The van der Waals surface area contributed by atoms with E-state index in [4.69, 9.17) is 14.2 Å². The average molecular weight is 570 g/mol. The number of hydrogen-bond acceptors (Lipinski definition) is 11. The van der Waals surface area contributed by atoms with Gasteiger partial charge in [0, 0.05) is 43.7 Å². The fourth-order valence-corrected chi connectivity index (χ4v) is 4.75. The maximum Gasteiger partial charge on any atom is 0.253 e. The van der Waals surface area contributed by atoms with E-state index in [1.165, 1.54) is 6.33 Å². The molecule has 2 aromatic carbocycles. The van der Waals surface area contributed by atoms with Crippen LogP contribution in [0.2, 0.25) is 0 Å². The summed E-state index contributed by atoms with van der Waals surface area (Å²) < 4.78 is 18.5. The number of piperidine rings is 1. The molecule has 0 saturated carbocycles. The van der Waals surface area contributed by atoms with Crippen molar-refractivity contribution in [2.45, 2.75) is 38.5 Å². The van der Waals surface area contributed by atoms with Gasteiger partial charge >= 0.3 is 0 Å². The van der Waals surface area contributed by atoms with E-state index in [9.17, 15) is 10.1 Å². The molecule has 0 aliphatic carbocycles. The molecule has 5 rings (SSSR count). The Hall–Kier alpha value is -5.09. The third kappa shape index (κ3) is 6.61. The first-order valence-electron chi connectivity index (χ1n) is 13.5. The number of nitrogens with one attached hydrogen (secondary N) is 1. The number of hydrogen-bond donors (Lipinski definition) is 1. The van der Waals surface area contributed by atoms with Crippen LogP contribution in [0.25, 0.3) is 11.1 Å². The fraction of sp³-hybridized carbons (Fsp3) is 0.345. The van der Waals surface area contributed by atoms with Gasteiger partial charge in [-0.25, -0.2) is 14.6 Å². The van der Waals surface area contributed by atoms with Crippen molar-refractivity contribution in [1.82, 2.24) is 35.1 Å². The number of benzene rings is 2. The van der Waals surface area contributed by atoms with Gasteiger partial charge in [0.05, 0.1) is 31.0 Å². The number of nitrogens with zero attached hydrogens (tertiary/aromatic N) is 8. The van der Waals surface area contributed by atoms with E-state index in [1.807, 2.05) is 17.9 Å². The standard InChI is InChI=1S/C29H31N9O4/c1-19(17-38-18-33-35-36-38)42-27-13-20(4-5-22(27)14-30)23-15-31-29(32-16-23)34-25-12-21(6-7-26(25)41-3)28(39)37-10-8-24(40-2)9-11-37/h4-7,12-13,15-16,18-19,24H,8-11,17H2,1-3H3,(H,31,32,34)/t19-/m0/s1. The molecule has 0 radical (unpaired) electrons. The van der Waals surface area contributed by atoms with E-state index in [2.05, 4.69) is 36.9 Å². The third-order valence-electron chi connectivity index (χ3n) is 7.01. The maximum atomic E-state index is 13.2. The molecular formula is C29H31N9O4. The van der Waals surface area contributed by atoms with Gasteiger partial charge in [0.2, 0.25) is 5.95 Å². The van der Waals surface area contributed by atoms with Gasteiger partial charge in [-0.1, -0.05) is 6.07 Å². The Bertz CT molecular complexity index is 1550. The molecule has 1 aliphatic rings. The number of anilines is 2. The molecule has 0 bridgehead atoms. The topological polar surface area (TPSA) is 153 Å². The number of nitriles is 1. The van der Waals surface area contributed by atoms with Crippen molar-refractivity contribution in [2.75, 3.05) is 32.6 Å². The third-order valence-corrected chi connectivity index (χ3v) is 7.01. The predicted molar refractivity (Wildman–Crippen MR) is 152 cm³/mol. The lowest BCUT2D eigenvalue weighted by atomic mass is 10.1. The van der Waals surface area contributed by atoms with Gasteiger partial charge < -0.3 is 24.4 Å². The molecule has 1 N–H and O–H groups in total. The van der Waals surface area contributed by atoms with Gasteiger partial charge in [-0.3, -0.25) is 4.79 Å². The minimum absolute atomic E-state index is 0.0439. The summed E-state index contributed by atoms with van der Waals surface area (Å²) in [5.41, 5.74) is 3.05. The fourth-order valence-electron chi connectivity index (χ4n) is 4.75. The Kier molecular flexibility index (Phi) is 8.84. The van der Waals surface area contributed by atoms with E-state index in [-0.39, 0.29) is 18.1 Å². The number of tetrazole rings is 1. The van der Waals surface area contributed by atoms with Crippen LogP contribution in [-0.4, -0.2) is 80.5 Å². The zero-order chi connectivity index (χ0) is 29.5. The van der Waals surface area contributed by atoms with Crippen molar-refractivity contribution in [3.63, 3.8) is 0 Å². The Morgan fingerprint density at radius 2 is 1.88 bits per heavy atom. The lowest BCUT2D eigenvalue weighted by molar-refractivity contribution is 0.0351. The van der Waals surface area contributed by atoms with Crippen LogP contribution in [0.5, 0.6) is 11.5 Å². The second kappa shape index (κ2) is 13.0. The summed E-state index contributed by atoms with van der Waals surface area (Å²) in [4.78, 5) is 24.0. The molecule has 1 amide bonds. The highest BCUT2D eigenvalue weighted by Crippen LogP contribution is 2.31. The van der Waals surface area contributed by atoms with Gasteiger partial charge in [0.15, 0.2) is 0 Å². The zero-order valence-corrected chi connectivity index (χ0v) is 23.6. The summed E-state index contributed by atoms with van der Waals surface area (Å²) in [6.07, 6.45) is 6.39. The summed E-state index contributed by atoms with van der Waals surface area (Å²) in [6.45, 7) is 3.60. The molecule has 1 fully saturated rings. The van der Waals surface area contributed by atoms with Gasteiger partial charge in [-0.15, -0.1) is 5.10 Å². The Morgan fingerprint density at radius 3 is 2.55 bits per heavy atom. The monoisotopic (exact) mass is 569 g/mol. The highest BCUT2D eigenvalue weighted by Gasteiger charge is 2.24. The lowest BCUT2D eigenvalue weighted by Gasteiger charge is -2.31. The number of likely N-dealkylation sites (tertiary alicyclic amines) is 1. The lowest BCUT2D eigenvalue weighted by Crippen LogP contribution is -2.40. The quantitative estimate of drug-likeness (QED) is 0.299. The molecule has 3 heterocycles. The molecule has 42 heavy (non-hydrogen) atoms. The maximum absolute atomic E-state index is 13.2. The molecule has 216 valence electrons. The summed E-state index contributed by atoms with van der Waals surface area (Å²) in [5.74, 6) is 1.29. The Morgan fingerprint density at radius 1 is 1.10 bits per heavy atom. The highest BCUT2D eigenvalue weighted by atomic mass is 16.5. The number of carbonyl (C=O) groups excluding carboxylic acids is 1. The van der Waals surface area contributed by atoms with Crippen LogP contribution >= 0.6 is 0 Å².